The second kappa shape index (κ2) is 11.2. The van der Waals surface area contributed by atoms with Gasteiger partial charge in [-0.25, -0.2) is 9.18 Å². The molecule has 1 amide bonds. The number of carbonyl (C=O) groups excluding carboxylic acids is 2. The molecule has 0 saturated carbocycles. The first-order valence-corrected chi connectivity index (χ1v) is 12.5. The van der Waals surface area contributed by atoms with E-state index in [4.69, 9.17) is 21.1 Å². The van der Waals surface area contributed by atoms with Gasteiger partial charge in [-0.15, -0.1) is 21.5 Å². The maximum atomic E-state index is 13.3. The highest BCUT2D eigenvalue weighted by molar-refractivity contribution is 7.99. The van der Waals surface area contributed by atoms with Gasteiger partial charge in [-0.3, -0.25) is 4.79 Å². The summed E-state index contributed by atoms with van der Waals surface area (Å²) in [6.45, 7) is 7.95. The molecule has 3 rings (SSSR count). The van der Waals surface area contributed by atoms with E-state index in [1.54, 1.807) is 6.92 Å². The summed E-state index contributed by atoms with van der Waals surface area (Å²) in [7, 11) is 1.31. The Hall–Kier alpha value is -2.63. The lowest BCUT2D eigenvalue weighted by molar-refractivity contribution is -0.113. The van der Waals surface area contributed by atoms with Gasteiger partial charge in [0.25, 0.3) is 0 Å². The normalized spacial score (nSPS) is 11.9. The molecule has 0 aliphatic carbocycles. The highest BCUT2D eigenvalue weighted by Crippen LogP contribution is 2.33. The van der Waals surface area contributed by atoms with Crippen molar-refractivity contribution in [3.8, 4) is 5.75 Å². The zero-order valence-electron chi connectivity index (χ0n) is 19.3. The van der Waals surface area contributed by atoms with E-state index in [1.165, 1.54) is 48.4 Å². The van der Waals surface area contributed by atoms with Crippen LogP contribution in [0, 0.1) is 19.7 Å². The number of benzene rings is 1. The number of esters is 1. The van der Waals surface area contributed by atoms with Gasteiger partial charge in [0.05, 0.1) is 23.4 Å². The Balaban J connectivity index is 1.69. The van der Waals surface area contributed by atoms with E-state index in [9.17, 15) is 14.0 Å². The molecular weight excluding hydrogens is 503 g/mol. The Morgan fingerprint density at radius 3 is 2.71 bits per heavy atom. The van der Waals surface area contributed by atoms with Crippen LogP contribution in [0.1, 0.15) is 46.6 Å². The average Bonchev–Trinajstić information content (AvgIpc) is 3.33. The van der Waals surface area contributed by atoms with Gasteiger partial charge in [-0.2, -0.15) is 0 Å². The smallest absolute Gasteiger partial charge is 0.341 e. The molecule has 0 spiro atoms. The number of aromatic nitrogens is 3. The quantitative estimate of drug-likeness (QED) is 0.293. The first kappa shape index (κ1) is 26.0. The molecule has 0 radical (unpaired) electrons. The third-order valence-electron chi connectivity index (χ3n) is 4.98. The number of aryl methyl sites for hydroxylation is 1. The molecule has 1 unspecified atom stereocenters. The minimum absolute atomic E-state index is 0.0633. The number of hydrogen-bond donors (Lipinski definition) is 1. The Bertz CT molecular complexity index is 1210. The first-order chi connectivity index (χ1) is 16.2. The molecule has 2 heterocycles. The van der Waals surface area contributed by atoms with Gasteiger partial charge in [0.15, 0.2) is 17.1 Å². The molecule has 0 fully saturated rings. The van der Waals surface area contributed by atoms with Crippen LogP contribution < -0.4 is 10.1 Å². The van der Waals surface area contributed by atoms with E-state index in [-0.39, 0.29) is 16.7 Å². The molecule has 1 aromatic carbocycles. The molecule has 1 N–H and O–H groups in total. The molecule has 8 nitrogen and oxygen atoms in total. The predicted molar refractivity (Wildman–Crippen MR) is 131 cm³/mol. The molecule has 1 atom stereocenters. The van der Waals surface area contributed by atoms with Gasteiger partial charge in [0.2, 0.25) is 5.91 Å². The number of ether oxygens (including phenoxy) is 2. The van der Waals surface area contributed by atoms with Crippen molar-refractivity contribution < 1.29 is 23.5 Å². The Kier molecular flexibility index (Phi) is 8.56. The number of hydrogen-bond acceptors (Lipinski definition) is 8. The molecule has 0 saturated heterocycles. The van der Waals surface area contributed by atoms with Crippen molar-refractivity contribution in [1.29, 1.82) is 0 Å². The molecule has 12 heteroatoms. The lowest BCUT2D eigenvalue weighted by atomic mass is 10.1. The van der Waals surface area contributed by atoms with Gasteiger partial charge < -0.3 is 19.4 Å². The average molecular weight is 527 g/mol. The second-order valence-electron chi connectivity index (χ2n) is 7.24. The maximum Gasteiger partial charge on any atom is 0.341 e. The number of carbonyl (C=O) groups is 2. The van der Waals surface area contributed by atoms with Crippen molar-refractivity contribution in [3.63, 3.8) is 0 Å². The molecular formula is C22H24ClFN4O4S2. The van der Waals surface area contributed by atoms with Gasteiger partial charge >= 0.3 is 5.97 Å². The number of rotatable bonds is 9. The number of thioether (sulfide) groups is 1. The van der Waals surface area contributed by atoms with Crippen LogP contribution in [0.15, 0.2) is 23.4 Å². The highest BCUT2D eigenvalue weighted by atomic mass is 35.5. The Morgan fingerprint density at radius 1 is 1.32 bits per heavy atom. The van der Waals surface area contributed by atoms with Crippen molar-refractivity contribution in [2.75, 3.05) is 18.2 Å². The van der Waals surface area contributed by atoms with Gasteiger partial charge in [0.1, 0.15) is 16.6 Å². The van der Waals surface area contributed by atoms with Crippen LogP contribution in [0.3, 0.4) is 0 Å². The number of nitrogens with one attached hydrogen (secondary N) is 1. The van der Waals surface area contributed by atoms with Gasteiger partial charge in [-0.1, -0.05) is 23.4 Å². The van der Waals surface area contributed by atoms with Crippen molar-refractivity contribution in [3.05, 3.63) is 50.9 Å². The monoisotopic (exact) mass is 526 g/mol. The van der Waals surface area contributed by atoms with Crippen LogP contribution in [-0.2, 0) is 16.1 Å². The SMILES string of the molecule is CCn1c(SCC(=O)Nc2sc(C)c(C)c2C(=O)OC)nnc1C(C)Oc1ccc(F)cc1Cl. The molecule has 0 bridgehead atoms. The molecule has 2 aromatic heterocycles. The fourth-order valence-corrected chi connectivity index (χ4v) is 5.26. The van der Waals surface area contributed by atoms with Crippen molar-refractivity contribution in [1.82, 2.24) is 14.8 Å². The maximum absolute atomic E-state index is 13.3. The Morgan fingerprint density at radius 2 is 2.06 bits per heavy atom. The third kappa shape index (κ3) is 5.70. The standard InChI is InChI=1S/C22H24ClFN4O4S2/c1-6-28-19(12(3)32-16-8-7-14(24)9-15(16)23)26-27-22(28)33-10-17(29)25-20-18(21(30)31-5)11(2)13(4)34-20/h7-9,12H,6,10H2,1-5H3,(H,25,29). The first-order valence-electron chi connectivity index (χ1n) is 10.3. The van der Waals surface area contributed by atoms with E-state index in [0.29, 0.717) is 33.8 Å². The highest BCUT2D eigenvalue weighted by Gasteiger charge is 2.23. The van der Waals surface area contributed by atoms with Crippen LogP contribution in [0.25, 0.3) is 0 Å². The fraction of sp³-hybridized carbons (Fsp3) is 0.364. The van der Waals surface area contributed by atoms with E-state index >= 15 is 0 Å². The summed E-state index contributed by atoms with van der Waals surface area (Å²) < 4.78 is 25.8. The summed E-state index contributed by atoms with van der Waals surface area (Å²) in [6.07, 6.45) is -0.515. The summed E-state index contributed by atoms with van der Waals surface area (Å²) in [5, 5.41) is 12.4. The second-order valence-corrected chi connectivity index (χ2v) is 9.81. The van der Waals surface area contributed by atoms with Gasteiger partial charge in [-0.05, 0) is 51.5 Å². The van der Waals surface area contributed by atoms with Crippen LogP contribution in [0.4, 0.5) is 9.39 Å². The molecule has 182 valence electrons. The Labute approximate surface area is 209 Å². The summed E-state index contributed by atoms with van der Waals surface area (Å²) >= 11 is 8.60. The van der Waals surface area contributed by atoms with E-state index < -0.39 is 17.9 Å². The van der Waals surface area contributed by atoms with Crippen LogP contribution in [-0.4, -0.2) is 39.5 Å². The van der Waals surface area contributed by atoms with E-state index in [0.717, 1.165) is 10.4 Å². The summed E-state index contributed by atoms with van der Waals surface area (Å²) in [5.41, 5.74) is 1.15. The number of methoxy groups -OCH3 is 1. The number of nitrogens with zero attached hydrogens (tertiary/aromatic N) is 3. The van der Waals surface area contributed by atoms with Crippen LogP contribution in [0.5, 0.6) is 5.75 Å². The minimum Gasteiger partial charge on any atom is -0.481 e. The number of amides is 1. The summed E-state index contributed by atoms with van der Waals surface area (Å²) in [6, 6.07) is 3.90. The van der Waals surface area contributed by atoms with Crippen LogP contribution in [0.2, 0.25) is 5.02 Å². The zero-order chi connectivity index (χ0) is 25.0. The molecule has 0 aliphatic heterocycles. The lowest BCUT2D eigenvalue weighted by Gasteiger charge is -2.16. The lowest BCUT2D eigenvalue weighted by Crippen LogP contribution is -2.17. The number of thiophene rings is 1. The summed E-state index contributed by atoms with van der Waals surface area (Å²) in [4.78, 5) is 25.7. The topological polar surface area (TPSA) is 95.3 Å². The number of anilines is 1. The largest absolute Gasteiger partial charge is 0.481 e. The fourth-order valence-electron chi connectivity index (χ4n) is 3.17. The summed E-state index contributed by atoms with van der Waals surface area (Å²) in [5.74, 6) is -0.291. The van der Waals surface area contributed by atoms with E-state index in [2.05, 4.69) is 15.5 Å². The van der Waals surface area contributed by atoms with Crippen molar-refractivity contribution in [2.45, 2.75) is 45.5 Å². The molecule has 34 heavy (non-hydrogen) atoms. The van der Waals surface area contributed by atoms with E-state index in [1.807, 2.05) is 25.3 Å². The van der Waals surface area contributed by atoms with Crippen molar-refractivity contribution >= 4 is 51.6 Å². The third-order valence-corrected chi connectivity index (χ3v) is 7.37. The predicted octanol–water partition coefficient (Wildman–Crippen LogP) is 5.43. The zero-order valence-corrected chi connectivity index (χ0v) is 21.7. The number of halogens is 2. The van der Waals surface area contributed by atoms with Crippen molar-refractivity contribution in [2.24, 2.45) is 0 Å². The molecule has 0 aliphatic rings. The van der Waals surface area contributed by atoms with Crippen LogP contribution >= 0.6 is 34.7 Å². The minimum atomic E-state index is -0.515. The van der Waals surface area contributed by atoms with Gasteiger partial charge in [0, 0.05) is 11.4 Å². The molecule has 3 aromatic rings.